The van der Waals surface area contributed by atoms with Crippen LogP contribution in [0.4, 0.5) is 0 Å². The number of piperidine rings is 1. The summed E-state index contributed by atoms with van der Waals surface area (Å²) in [6.45, 7) is 7.98. The monoisotopic (exact) mass is 251 g/mol. The van der Waals surface area contributed by atoms with Crippen molar-refractivity contribution in [2.24, 2.45) is 5.92 Å². The van der Waals surface area contributed by atoms with Crippen molar-refractivity contribution in [1.29, 1.82) is 0 Å². The van der Waals surface area contributed by atoms with E-state index in [1.54, 1.807) is 0 Å². The van der Waals surface area contributed by atoms with Gasteiger partial charge in [0.2, 0.25) is 0 Å². The van der Waals surface area contributed by atoms with Crippen LogP contribution in [0.3, 0.4) is 0 Å². The molecular formula is C14H25N3O. The first-order valence-electron chi connectivity index (χ1n) is 7.04. The van der Waals surface area contributed by atoms with Gasteiger partial charge < -0.3 is 9.67 Å². The van der Waals surface area contributed by atoms with Gasteiger partial charge in [0.25, 0.3) is 0 Å². The first-order valence-corrected chi connectivity index (χ1v) is 7.04. The lowest BCUT2D eigenvalue weighted by Gasteiger charge is -2.32. The third-order valence-corrected chi connectivity index (χ3v) is 3.83. The number of nitrogens with zero attached hydrogens (tertiary/aromatic N) is 3. The van der Waals surface area contributed by atoms with Gasteiger partial charge in [-0.05, 0) is 45.6 Å². The molecule has 1 fully saturated rings. The molecule has 1 unspecified atom stereocenters. The summed E-state index contributed by atoms with van der Waals surface area (Å²) in [6.07, 6.45) is 7.37. The molecule has 1 aliphatic rings. The Morgan fingerprint density at radius 2 is 2.33 bits per heavy atom. The van der Waals surface area contributed by atoms with Crippen LogP contribution in [0.1, 0.15) is 44.8 Å². The second-order valence-corrected chi connectivity index (χ2v) is 5.64. The van der Waals surface area contributed by atoms with E-state index < -0.39 is 0 Å². The number of aromatic nitrogens is 2. The summed E-state index contributed by atoms with van der Waals surface area (Å²) in [5.41, 5.74) is 1.30. The normalized spacial score (nSPS) is 21.7. The molecule has 2 heterocycles. The van der Waals surface area contributed by atoms with Crippen LogP contribution >= 0.6 is 0 Å². The number of hydrogen-bond acceptors (Lipinski definition) is 3. The molecule has 1 aromatic rings. The lowest BCUT2D eigenvalue weighted by molar-refractivity contribution is 0.139. The van der Waals surface area contributed by atoms with Crippen molar-refractivity contribution < 1.29 is 5.11 Å². The molecule has 4 heteroatoms. The minimum absolute atomic E-state index is 0.322. The van der Waals surface area contributed by atoms with Crippen molar-refractivity contribution in [3.63, 3.8) is 0 Å². The highest BCUT2D eigenvalue weighted by atomic mass is 16.3. The van der Waals surface area contributed by atoms with Crippen molar-refractivity contribution in [3.05, 3.63) is 18.2 Å². The number of imidazole rings is 1. The largest absolute Gasteiger partial charge is 0.396 e. The van der Waals surface area contributed by atoms with Crippen LogP contribution in [-0.2, 0) is 6.54 Å². The number of rotatable bonds is 5. The Labute approximate surface area is 110 Å². The molecule has 1 aromatic heterocycles. The molecule has 0 amide bonds. The highest BCUT2D eigenvalue weighted by Crippen LogP contribution is 2.21. The van der Waals surface area contributed by atoms with Crippen molar-refractivity contribution in [1.82, 2.24) is 14.5 Å². The van der Waals surface area contributed by atoms with Gasteiger partial charge in [0, 0.05) is 31.9 Å². The smallest absolute Gasteiger partial charge is 0.0951 e. The molecule has 102 valence electrons. The standard InChI is InChI=1S/C14H25N3O/c1-12(2)17-11-15-8-14(17)10-16-6-3-4-13(9-16)5-7-18/h8,11-13,18H,3-7,9-10H2,1-2H3. The van der Waals surface area contributed by atoms with Gasteiger partial charge >= 0.3 is 0 Å². The van der Waals surface area contributed by atoms with Crippen LogP contribution in [0.5, 0.6) is 0 Å². The van der Waals surface area contributed by atoms with Crippen LogP contribution in [0.25, 0.3) is 0 Å². The van der Waals surface area contributed by atoms with Crippen molar-refractivity contribution in [3.8, 4) is 0 Å². The summed E-state index contributed by atoms with van der Waals surface area (Å²) in [4.78, 5) is 6.76. The van der Waals surface area contributed by atoms with Crippen molar-refractivity contribution in [2.75, 3.05) is 19.7 Å². The molecule has 1 atom stereocenters. The zero-order chi connectivity index (χ0) is 13.0. The van der Waals surface area contributed by atoms with Gasteiger partial charge in [-0.15, -0.1) is 0 Å². The van der Waals surface area contributed by atoms with E-state index in [-0.39, 0.29) is 0 Å². The Morgan fingerprint density at radius 3 is 3.06 bits per heavy atom. The molecule has 0 radical (unpaired) electrons. The summed E-state index contributed by atoms with van der Waals surface area (Å²) in [5, 5.41) is 9.05. The van der Waals surface area contributed by atoms with E-state index in [1.165, 1.54) is 25.1 Å². The third-order valence-electron chi connectivity index (χ3n) is 3.83. The zero-order valence-electron chi connectivity index (χ0n) is 11.5. The van der Waals surface area contributed by atoms with Gasteiger partial charge in [0.05, 0.1) is 12.0 Å². The van der Waals surface area contributed by atoms with Gasteiger partial charge in [-0.3, -0.25) is 4.90 Å². The minimum Gasteiger partial charge on any atom is -0.396 e. The number of hydrogen-bond donors (Lipinski definition) is 1. The molecule has 0 bridgehead atoms. The fourth-order valence-corrected chi connectivity index (χ4v) is 2.86. The van der Waals surface area contributed by atoms with Gasteiger partial charge in [0.1, 0.15) is 0 Å². The number of aliphatic hydroxyl groups is 1. The quantitative estimate of drug-likeness (QED) is 0.871. The maximum Gasteiger partial charge on any atom is 0.0951 e. The van der Waals surface area contributed by atoms with E-state index in [4.69, 9.17) is 5.11 Å². The minimum atomic E-state index is 0.322. The topological polar surface area (TPSA) is 41.3 Å². The maximum atomic E-state index is 9.05. The van der Waals surface area contributed by atoms with E-state index in [1.807, 2.05) is 12.5 Å². The first-order chi connectivity index (χ1) is 8.70. The molecule has 1 aliphatic heterocycles. The first kappa shape index (κ1) is 13.6. The molecule has 2 rings (SSSR count). The number of likely N-dealkylation sites (tertiary alicyclic amines) is 1. The predicted molar refractivity (Wildman–Crippen MR) is 72.3 cm³/mol. The highest BCUT2D eigenvalue weighted by molar-refractivity contribution is 5.00. The summed E-state index contributed by atoms with van der Waals surface area (Å²) in [6, 6.07) is 0.473. The molecular weight excluding hydrogens is 226 g/mol. The van der Waals surface area contributed by atoms with Gasteiger partial charge in [-0.1, -0.05) is 0 Å². The van der Waals surface area contributed by atoms with Crippen LogP contribution in [0, 0.1) is 5.92 Å². The summed E-state index contributed by atoms with van der Waals surface area (Å²) in [7, 11) is 0. The van der Waals surface area contributed by atoms with Crippen molar-refractivity contribution >= 4 is 0 Å². The summed E-state index contributed by atoms with van der Waals surface area (Å²) >= 11 is 0. The second-order valence-electron chi connectivity index (χ2n) is 5.64. The summed E-state index contributed by atoms with van der Waals surface area (Å²) < 4.78 is 2.25. The van der Waals surface area contributed by atoms with Crippen LogP contribution < -0.4 is 0 Å². The zero-order valence-corrected chi connectivity index (χ0v) is 11.5. The predicted octanol–water partition coefficient (Wildman–Crippen LogP) is 2.06. The summed E-state index contributed by atoms with van der Waals surface area (Å²) in [5.74, 6) is 0.666. The molecule has 0 spiro atoms. The fourth-order valence-electron chi connectivity index (χ4n) is 2.86. The Balaban J connectivity index is 1.94. The van der Waals surface area contributed by atoms with Crippen LogP contribution in [0.15, 0.2) is 12.5 Å². The van der Waals surface area contributed by atoms with E-state index in [9.17, 15) is 0 Å². The second kappa shape index (κ2) is 6.34. The van der Waals surface area contributed by atoms with Gasteiger partial charge in [0.15, 0.2) is 0 Å². The average molecular weight is 251 g/mol. The van der Waals surface area contributed by atoms with Crippen LogP contribution in [0.2, 0.25) is 0 Å². The van der Waals surface area contributed by atoms with E-state index in [0.29, 0.717) is 18.6 Å². The van der Waals surface area contributed by atoms with E-state index >= 15 is 0 Å². The van der Waals surface area contributed by atoms with Crippen LogP contribution in [-0.4, -0.2) is 39.3 Å². The number of aliphatic hydroxyl groups excluding tert-OH is 1. The maximum absolute atomic E-state index is 9.05. The Morgan fingerprint density at radius 1 is 1.50 bits per heavy atom. The fraction of sp³-hybridized carbons (Fsp3) is 0.786. The Kier molecular flexibility index (Phi) is 4.78. The molecule has 1 saturated heterocycles. The van der Waals surface area contributed by atoms with Gasteiger partial charge in [-0.2, -0.15) is 0 Å². The lowest BCUT2D eigenvalue weighted by atomic mass is 9.95. The van der Waals surface area contributed by atoms with E-state index in [0.717, 1.165) is 19.5 Å². The SMILES string of the molecule is CC(C)n1cncc1CN1CCCC(CCO)C1. The highest BCUT2D eigenvalue weighted by Gasteiger charge is 2.20. The lowest BCUT2D eigenvalue weighted by Crippen LogP contribution is -2.35. The molecule has 0 aliphatic carbocycles. The molecule has 1 N–H and O–H groups in total. The Hall–Kier alpha value is -0.870. The van der Waals surface area contributed by atoms with Gasteiger partial charge in [-0.25, -0.2) is 4.98 Å². The Bertz CT molecular complexity index is 360. The van der Waals surface area contributed by atoms with E-state index in [2.05, 4.69) is 28.3 Å². The third kappa shape index (κ3) is 3.33. The molecule has 0 saturated carbocycles. The average Bonchev–Trinajstić information content (AvgIpc) is 2.78. The molecule has 18 heavy (non-hydrogen) atoms. The van der Waals surface area contributed by atoms with Crippen molar-refractivity contribution in [2.45, 2.75) is 45.7 Å². The molecule has 0 aromatic carbocycles. The molecule has 4 nitrogen and oxygen atoms in total.